The normalized spacial score (nSPS) is 23.0. The van der Waals surface area contributed by atoms with Gasteiger partial charge < -0.3 is 9.80 Å². The van der Waals surface area contributed by atoms with Gasteiger partial charge in [-0.25, -0.2) is 9.97 Å². The molecule has 132 valence electrons. The van der Waals surface area contributed by atoms with Gasteiger partial charge in [0.05, 0.1) is 23.3 Å². The van der Waals surface area contributed by atoms with Crippen LogP contribution in [0.2, 0.25) is 0 Å². The lowest BCUT2D eigenvalue weighted by molar-refractivity contribution is -0.134. The molecule has 1 amide bonds. The lowest BCUT2D eigenvalue weighted by Crippen LogP contribution is -2.48. The molecule has 6 nitrogen and oxygen atoms in total. The Kier molecular flexibility index (Phi) is 4.41. The molecular formula is C18H23N5OS. The van der Waals surface area contributed by atoms with Crippen LogP contribution in [0.25, 0.3) is 0 Å². The van der Waals surface area contributed by atoms with Crippen molar-refractivity contribution in [2.24, 2.45) is 5.92 Å². The molecule has 2 atom stereocenters. The third kappa shape index (κ3) is 3.38. The molecule has 3 aliphatic rings. The van der Waals surface area contributed by atoms with Crippen molar-refractivity contribution in [3.63, 3.8) is 0 Å². The maximum atomic E-state index is 13.0. The first kappa shape index (κ1) is 16.4. The summed E-state index contributed by atoms with van der Waals surface area (Å²) >= 11 is 1.64. The Morgan fingerprint density at radius 1 is 1.24 bits per heavy atom. The highest BCUT2D eigenvalue weighted by molar-refractivity contribution is 7.11. The first-order valence-electron chi connectivity index (χ1n) is 8.83. The van der Waals surface area contributed by atoms with Crippen LogP contribution in [0.5, 0.6) is 0 Å². The molecule has 0 saturated carbocycles. The van der Waals surface area contributed by atoms with Crippen LogP contribution in [-0.4, -0.2) is 51.4 Å². The third-order valence-corrected chi connectivity index (χ3v) is 6.29. The van der Waals surface area contributed by atoms with Crippen LogP contribution >= 0.6 is 11.3 Å². The van der Waals surface area contributed by atoms with Crippen molar-refractivity contribution in [3.05, 3.63) is 34.2 Å². The van der Waals surface area contributed by atoms with Gasteiger partial charge in [0.15, 0.2) is 0 Å². The van der Waals surface area contributed by atoms with Crippen LogP contribution in [-0.2, 0) is 11.2 Å². The molecule has 0 aromatic carbocycles. The molecule has 0 unspecified atom stereocenters. The predicted molar refractivity (Wildman–Crippen MR) is 97.8 cm³/mol. The van der Waals surface area contributed by atoms with Gasteiger partial charge in [0, 0.05) is 42.9 Å². The van der Waals surface area contributed by atoms with Gasteiger partial charge in [0.25, 0.3) is 0 Å². The van der Waals surface area contributed by atoms with Crippen LogP contribution in [0.4, 0.5) is 5.82 Å². The highest BCUT2D eigenvalue weighted by Crippen LogP contribution is 2.31. The number of nitrogens with zero attached hydrogens (tertiary/aromatic N) is 5. The van der Waals surface area contributed by atoms with E-state index in [1.54, 1.807) is 23.7 Å². The van der Waals surface area contributed by atoms with Gasteiger partial charge in [-0.15, -0.1) is 11.3 Å². The molecule has 3 aliphatic heterocycles. The van der Waals surface area contributed by atoms with Crippen LogP contribution in [0, 0.1) is 19.8 Å². The zero-order valence-electron chi connectivity index (χ0n) is 14.7. The lowest BCUT2D eigenvalue weighted by atomic mass is 9.94. The molecule has 0 N–H and O–H groups in total. The van der Waals surface area contributed by atoms with Crippen molar-refractivity contribution < 1.29 is 4.79 Å². The Hall–Kier alpha value is -2.02. The van der Waals surface area contributed by atoms with Gasteiger partial charge in [-0.05, 0) is 32.6 Å². The van der Waals surface area contributed by atoms with E-state index in [0.717, 1.165) is 47.5 Å². The van der Waals surface area contributed by atoms with E-state index < -0.39 is 0 Å². The van der Waals surface area contributed by atoms with Crippen LogP contribution in [0.3, 0.4) is 0 Å². The Balaban J connectivity index is 1.50. The van der Waals surface area contributed by atoms with Crippen molar-refractivity contribution in [2.45, 2.75) is 39.2 Å². The summed E-state index contributed by atoms with van der Waals surface area (Å²) in [6.07, 6.45) is 7.99. The van der Waals surface area contributed by atoms with Gasteiger partial charge in [0.2, 0.25) is 5.91 Å². The number of hydrogen-bond donors (Lipinski definition) is 0. The number of fused-ring (bicyclic) bond motifs is 4. The topological polar surface area (TPSA) is 62.2 Å². The van der Waals surface area contributed by atoms with E-state index in [1.807, 2.05) is 20.0 Å². The minimum Gasteiger partial charge on any atom is -0.353 e. The van der Waals surface area contributed by atoms with E-state index >= 15 is 0 Å². The number of thiazole rings is 1. The predicted octanol–water partition coefficient (Wildman–Crippen LogP) is 2.22. The van der Waals surface area contributed by atoms with E-state index in [2.05, 4.69) is 24.8 Å². The van der Waals surface area contributed by atoms with Gasteiger partial charge in [-0.3, -0.25) is 9.78 Å². The Morgan fingerprint density at radius 3 is 2.84 bits per heavy atom. The first-order valence-corrected chi connectivity index (χ1v) is 9.65. The van der Waals surface area contributed by atoms with E-state index in [0.29, 0.717) is 12.3 Å². The molecule has 0 radical (unpaired) electrons. The Morgan fingerprint density at radius 2 is 2.12 bits per heavy atom. The average molecular weight is 357 g/mol. The fraction of sp³-hybridized carbons (Fsp3) is 0.556. The van der Waals surface area contributed by atoms with E-state index in [4.69, 9.17) is 0 Å². The number of piperidine rings is 1. The number of aromatic nitrogens is 3. The van der Waals surface area contributed by atoms with Crippen molar-refractivity contribution in [1.29, 1.82) is 0 Å². The highest BCUT2D eigenvalue weighted by atomic mass is 32.1. The molecule has 3 fully saturated rings. The van der Waals surface area contributed by atoms with Crippen LogP contribution in [0.15, 0.2) is 18.6 Å². The number of carbonyl (C=O) groups excluding carboxylic acids is 1. The zero-order chi connectivity index (χ0) is 17.4. The lowest BCUT2D eigenvalue weighted by Gasteiger charge is -2.36. The average Bonchev–Trinajstić information content (AvgIpc) is 2.81. The fourth-order valence-electron chi connectivity index (χ4n) is 4.01. The summed E-state index contributed by atoms with van der Waals surface area (Å²) in [6.45, 7) is 6.66. The van der Waals surface area contributed by atoms with Crippen molar-refractivity contribution in [1.82, 2.24) is 19.9 Å². The molecule has 2 bridgehead atoms. The van der Waals surface area contributed by atoms with Gasteiger partial charge in [-0.1, -0.05) is 0 Å². The Labute approximate surface area is 151 Å². The van der Waals surface area contributed by atoms with Gasteiger partial charge >= 0.3 is 0 Å². The molecule has 25 heavy (non-hydrogen) atoms. The maximum Gasteiger partial charge on any atom is 0.228 e. The summed E-state index contributed by atoms with van der Waals surface area (Å²) in [7, 11) is 0. The molecule has 2 aromatic heterocycles. The second kappa shape index (κ2) is 6.71. The zero-order valence-corrected chi connectivity index (χ0v) is 15.5. The van der Waals surface area contributed by atoms with E-state index in [1.165, 1.54) is 6.42 Å². The monoisotopic (exact) mass is 357 g/mol. The van der Waals surface area contributed by atoms with Crippen molar-refractivity contribution >= 4 is 23.1 Å². The Bertz CT molecular complexity index is 762. The summed E-state index contributed by atoms with van der Waals surface area (Å²) in [5.41, 5.74) is 0.997. The maximum absolute atomic E-state index is 13.0. The third-order valence-electron chi connectivity index (χ3n) is 5.22. The molecule has 5 heterocycles. The summed E-state index contributed by atoms with van der Waals surface area (Å²) in [5, 5.41) is 1.03. The summed E-state index contributed by atoms with van der Waals surface area (Å²) in [6, 6.07) is 0.266. The number of rotatable bonds is 3. The molecule has 3 saturated heterocycles. The summed E-state index contributed by atoms with van der Waals surface area (Å²) in [4.78, 5) is 31.6. The molecule has 2 aromatic rings. The van der Waals surface area contributed by atoms with Crippen molar-refractivity contribution in [3.8, 4) is 0 Å². The number of hydrogen-bond acceptors (Lipinski definition) is 6. The fourth-order valence-corrected chi connectivity index (χ4v) is 4.93. The number of anilines is 1. The van der Waals surface area contributed by atoms with E-state index in [9.17, 15) is 4.79 Å². The molecule has 0 spiro atoms. The van der Waals surface area contributed by atoms with Crippen LogP contribution in [0.1, 0.15) is 28.4 Å². The number of amides is 1. The minimum atomic E-state index is 0.238. The standard InChI is InChI=1S/C18H23N5OS/c1-12-16(25-13(2)21-12)7-18(24)23-10-14-3-4-15(23)11-22(9-14)17-8-19-5-6-20-17/h5-6,8,14-15H,3-4,7,9-11H2,1-2H3/t14-,15+/m1/s1. The highest BCUT2D eigenvalue weighted by Gasteiger charge is 2.37. The summed E-state index contributed by atoms with van der Waals surface area (Å²) < 4.78 is 0. The minimum absolute atomic E-state index is 0.238. The summed E-state index contributed by atoms with van der Waals surface area (Å²) in [5.74, 6) is 1.67. The smallest absolute Gasteiger partial charge is 0.228 e. The first-order chi connectivity index (χ1) is 12.1. The van der Waals surface area contributed by atoms with E-state index in [-0.39, 0.29) is 11.9 Å². The molecule has 0 aliphatic carbocycles. The van der Waals surface area contributed by atoms with Crippen molar-refractivity contribution in [2.75, 3.05) is 24.5 Å². The van der Waals surface area contributed by atoms with Gasteiger partial charge in [0.1, 0.15) is 5.82 Å². The molecular weight excluding hydrogens is 334 g/mol. The molecule has 7 heteroatoms. The van der Waals surface area contributed by atoms with Gasteiger partial charge in [-0.2, -0.15) is 0 Å². The quantitative estimate of drug-likeness (QED) is 0.843. The number of aryl methyl sites for hydroxylation is 2. The second-order valence-electron chi connectivity index (χ2n) is 7.03. The largest absolute Gasteiger partial charge is 0.353 e. The molecule has 5 rings (SSSR count). The SMILES string of the molecule is Cc1nc(C)c(CC(=O)N2C[C@@H]3CC[C@H]2CN(c2cnccn2)C3)s1. The second-order valence-corrected chi connectivity index (χ2v) is 8.32. The number of carbonyl (C=O) groups is 1. The van der Waals surface area contributed by atoms with Crippen LogP contribution < -0.4 is 4.90 Å².